The minimum absolute atomic E-state index is 0.109. The molecule has 8 heteroatoms. The Morgan fingerprint density at radius 1 is 0.968 bits per heavy atom. The van der Waals surface area contributed by atoms with E-state index in [-0.39, 0.29) is 17.2 Å². The van der Waals surface area contributed by atoms with Crippen LogP contribution in [0.4, 0.5) is 17.1 Å². The second-order valence-corrected chi connectivity index (χ2v) is 7.76. The smallest absolute Gasteiger partial charge is 0.270 e. The normalized spacial score (nSPS) is 13.0. The third kappa shape index (κ3) is 6.91. The Balaban J connectivity index is 0.000000194. The van der Waals surface area contributed by atoms with E-state index in [4.69, 9.17) is 0 Å². The number of nitro benzene ring substituents is 1. The van der Waals surface area contributed by atoms with E-state index < -0.39 is 4.92 Å². The minimum Gasteiger partial charge on any atom is -0.369 e. The first-order valence-corrected chi connectivity index (χ1v) is 10.6. The molecule has 0 spiro atoms. The highest BCUT2D eigenvalue weighted by molar-refractivity contribution is 9.10. The molecular formula is C23H23BrN4O3. The van der Waals surface area contributed by atoms with Gasteiger partial charge in [-0.05, 0) is 36.4 Å². The maximum absolute atomic E-state index is 12.0. The van der Waals surface area contributed by atoms with Crippen LogP contribution >= 0.6 is 15.9 Å². The number of amides is 1. The maximum Gasteiger partial charge on any atom is 0.270 e. The van der Waals surface area contributed by atoms with Crippen molar-refractivity contribution in [3.8, 4) is 0 Å². The summed E-state index contributed by atoms with van der Waals surface area (Å²) in [5.74, 6) is -0.387. The van der Waals surface area contributed by atoms with Crippen LogP contribution in [0.25, 0.3) is 0 Å². The summed E-state index contributed by atoms with van der Waals surface area (Å²) in [4.78, 5) is 24.5. The highest BCUT2D eigenvalue weighted by Crippen LogP contribution is 2.18. The second kappa shape index (κ2) is 11.2. The Morgan fingerprint density at radius 3 is 2.35 bits per heavy atom. The molecule has 3 aromatic carbocycles. The fraction of sp³-hybridized carbons (Fsp3) is 0.174. The number of non-ortho nitro benzene ring substituents is 1. The second-order valence-electron chi connectivity index (χ2n) is 6.84. The van der Waals surface area contributed by atoms with Crippen LogP contribution in [0, 0.1) is 10.1 Å². The van der Waals surface area contributed by atoms with Gasteiger partial charge < -0.3 is 15.5 Å². The molecule has 0 bridgehead atoms. The number of nitro groups is 1. The molecule has 3 aromatic rings. The van der Waals surface area contributed by atoms with E-state index in [2.05, 4.69) is 61.8 Å². The number of carbonyl (C=O) groups excluding carboxylic acids is 1. The zero-order chi connectivity index (χ0) is 22.1. The Kier molecular flexibility index (Phi) is 8.14. The molecular weight excluding hydrogens is 460 g/mol. The largest absolute Gasteiger partial charge is 0.369 e. The highest BCUT2D eigenvalue weighted by Gasteiger charge is 2.11. The molecule has 1 amide bonds. The quantitative estimate of drug-likeness (QED) is 0.415. The van der Waals surface area contributed by atoms with Crippen LogP contribution in [0.1, 0.15) is 10.4 Å². The third-order valence-electron chi connectivity index (χ3n) is 4.64. The van der Waals surface area contributed by atoms with Crippen molar-refractivity contribution < 1.29 is 9.72 Å². The molecule has 2 N–H and O–H groups in total. The van der Waals surface area contributed by atoms with Gasteiger partial charge in [0, 0.05) is 59.7 Å². The highest BCUT2D eigenvalue weighted by atomic mass is 79.9. The summed E-state index contributed by atoms with van der Waals surface area (Å²) in [5, 5.41) is 16.7. The molecule has 1 aliphatic heterocycles. The number of benzene rings is 3. The molecule has 0 unspecified atom stereocenters. The summed E-state index contributed by atoms with van der Waals surface area (Å²) >= 11 is 3.30. The Hall–Kier alpha value is -3.23. The van der Waals surface area contributed by atoms with Gasteiger partial charge >= 0.3 is 0 Å². The standard InChI is InChI=1S/C13H9BrN2O3.C10H14N2/c14-10-4-2-5-11(8-10)15-13(17)9-3-1-6-12(7-9)16(18)19;1-2-4-10(5-3-1)12-8-6-11-7-9-12/h1-8H,(H,15,17);1-5,11H,6-9H2. The number of anilines is 2. The molecule has 0 radical (unpaired) electrons. The van der Waals surface area contributed by atoms with Crippen molar-refractivity contribution in [1.82, 2.24) is 5.32 Å². The average molecular weight is 483 g/mol. The van der Waals surface area contributed by atoms with Gasteiger partial charge in [0.25, 0.3) is 11.6 Å². The number of piperazine rings is 1. The van der Waals surface area contributed by atoms with Gasteiger partial charge in [-0.3, -0.25) is 14.9 Å². The SMILES string of the molecule is O=C(Nc1cccc(Br)c1)c1cccc([N+](=O)[O-])c1.c1ccc(N2CCNCC2)cc1. The summed E-state index contributed by atoms with van der Waals surface area (Å²) in [6.45, 7) is 4.47. The molecule has 160 valence electrons. The van der Waals surface area contributed by atoms with Gasteiger partial charge in [-0.2, -0.15) is 0 Å². The predicted octanol–water partition coefficient (Wildman–Crippen LogP) is 4.71. The van der Waals surface area contributed by atoms with Gasteiger partial charge in [-0.15, -0.1) is 0 Å². The number of rotatable bonds is 4. The van der Waals surface area contributed by atoms with Crippen LogP contribution in [0.2, 0.25) is 0 Å². The van der Waals surface area contributed by atoms with Gasteiger partial charge in [-0.25, -0.2) is 0 Å². The van der Waals surface area contributed by atoms with Gasteiger partial charge in [0.15, 0.2) is 0 Å². The van der Waals surface area contributed by atoms with E-state index in [1.54, 1.807) is 18.2 Å². The summed E-state index contributed by atoms with van der Waals surface area (Å²) in [7, 11) is 0. The van der Waals surface area contributed by atoms with Crippen LogP contribution in [-0.4, -0.2) is 37.0 Å². The Morgan fingerprint density at radius 2 is 1.68 bits per heavy atom. The first-order valence-electron chi connectivity index (χ1n) is 9.85. The van der Waals surface area contributed by atoms with Crippen molar-refractivity contribution in [1.29, 1.82) is 0 Å². The van der Waals surface area contributed by atoms with E-state index in [1.807, 2.05) is 6.07 Å². The number of hydrogen-bond acceptors (Lipinski definition) is 5. The summed E-state index contributed by atoms with van der Waals surface area (Å²) in [6, 6.07) is 23.3. The van der Waals surface area contributed by atoms with Crippen molar-refractivity contribution in [3.05, 3.63) is 99.0 Å². The lowest BCUT2D eigenvalue weighted by atomic mass is 10.2. The molecule has 31 heavy (non-hydrogen) atoms. The molecule has 4 rings (SSSR count). The number of halogens is 1. The molecule has 0 aromatic heterocycles. The molecule has 1 saturated heterocycles. The van der Waals surface area contributed by atoms with Gasteiger partial charge in [-0.1, -0.05) is 46.3 Å². The van der Waals surface area contributed by atoms with Crippen LogP contribution in [-0.2, 0) is 0 Å². The Labute approximate surface area is 189 Å². The van der Waals surface area contributed by atoms with Crippen LogP contribution < -0.4 is 15.5 Å². The molecule has 1 aliphatic rings. The van der Waals surface area contributed by atoms with Crippen LogP contribution in [0.5, 0.6) is 0 Å². The van der Waals surface area contributed by atoms with Crippen molar-refractivity contribution in [2.24, 2.45) is 0 Å². The van der Waals surface area contributed by atoms with Crippen molar-refractivity contribution >= 4 is 38.9 Å². The van der Waals surface area contributed by atoms with Crippen molar-refractivity contribution in [2.75, 3.05) is 36.4 Å². The lowest BCUT2D eigenvalue weighted by Crippen LogP contribution is -2.43. The summed E-state index contributed by atoms with van der Waals surface area (Å²) in [5.41, 5.74) is 2.10. The fourth-order valence-electron chi connectivity index (χ4n) is 3.09. The average Bonchev–Trinajstić information content (AvgIpc) is 2.81. The van der Waals surface area contributed by atoms with Gasteiger partial charge in [0.1, 0.15) is 0 Å². The predicted molar refractivity (Wildman–Crippen MR) is 127 cm³/mol. The molecule has 0 saturated carbocycles. The molecule has 1 heterocycles. The van der Waals surface area contributed by atoms with Gasteiger partial charge in [0.2, 0.25) is 0 Å². The lowest BCUT2D eigenvalue weighted by molar-refractivity contribution is -0.384. The topological polar surface area (TPSA) is 87.5 Å². The van der Waals surface area contributed by atoms with Crippen LogP contribution in [0.3, 0.4) is 0 Å². The number of nitrogens with zero attached hydrogens (tertiary/aromatic N) is 2. The van der Waals surface area contributed by atoms with E-state index in [0.717, 1.165) is 30.7 Å². The summed E-state index contributed by atoms with van der Waals surface area (Å²) in [6.07, 6.45) is 0. The van der Waals surface area contributed by atoms with Gasteiger partial charge in [0.05, 0.1) is 4.92 Å². The zero-order valence-corrected chi connectivity index (χ0v) is 18.4. The summed E-state index contributed by atoms with van der Waals surface area (Å²) < 4.78 is 0.837. The Bertz CT molecular complexity index is 1020. The molecule has 0 atom stereocenters. The first-order chi connectivity index (χ1) is 15.0. The monoisotopic (exact) mass is 482 g/mol. The zero-order valence-electron chi connectivity index (χ0n) is 16.8. The molecule has 7 nitrogen and oxygen atoms in total. The number of para-hydroxylation sites is 1. The van der Waals surface area contributed by atoms with Crippen molar-refractivity contribution in [2.45, 2.75) is 0 Å². The van der Waals surface area contributed by atoms with E-state index in [0.29, 0.717) is 5.69 Å². The molecule has 0 aliphatic carbocycles. The van der Waals surface area contributed by atoms with Crippen molar-refractivity contribution in [3.63, 3.8) is 0 Å². The maximum atomic E-state index is 12.0. The number of nitrogens with one attached hydrogen (secondary N) is 2. The van der Waals surface area contributed by atoms with E-state index in [9.17, 15) is 14.9 Å². The number of carbonyl (C=O) groups is 1. The molecule has 1 fully saturated rings. The number of hydrogen-bond donors (Lipinski definition) is 2. The fourth-order valence-corrected chi connectivity index (χ4v) is 3.49. The third-order valence-corrected chi connectivity index (χ3v) is 5.13. The van der Waals surface area contributed by atoms with Crippen LogP contribution in [0.15, 0.2) is 83.3 Å². The van der Waals surface area contributed by atoms with E-state index in [1.165, 1.54) is 30.0 Å². The minimum atomic E-state index is -0.532. The lowest BCUT2D eigenvalue weighted by Gasteiger charge is -2.29. The first kappa shape index (κ1) is 22.5. The van der Waals surface area contributed by atoms with E-state index >= 15 is 0 Å².